The number of ketones is 1. The third kappa shape index (κ3) is 4.74. The van der Waals surface area contributed by atoms with Crippen LogP contribution in [0.2, 0.25) is 0 Å². The van der Waals surface area contributed by atoms with Gasteiger partial charge in [0.25, 0.3) is 0 Å². The van der Waals surface area contributed by atoms with Crippen LogP contribution in [0.1, 0.15) is 43.5 Å². The summed E-state index contributed by atoms with van der Waals surface area (Å²) in [6, 6.07) is 7.30. The van der Waals surface area contributed by atoms with Gasteiger partial charge < -0.3 is 4.74 Å². The lowest BCUT2D eigenvalue weighted by Gasteiger charge is -2.10. The van der Waals surface area contributed by atoms with Gasteiger partial charge in [-0.05, 0) is 32.4 Å². The molecule has 0 N–H and O–H groups in total. The molecule has 90 valence electrons. The van der Waals surface area contributed by atoms with Crippen molar-refractivity contribution in [3.63, 3.8) is 0 Å². The first-order valence-corrected chi connectivity index (χ1v) is 5.87. The van der Waals surface area contributed by atoms with Crippen LogP contribution in [-0.2, 0) is 0 Å². The van der Waals surface area contributed by atoms with Gasteiger partial charge in [-0.3, -0.25) is 4.79 Å². The van der Waals surface area contributed by atoms with Crippen molar-refractivity contribution < 1.29 is 9.53 Å². The number of Topliss-reactive ketones (excluding diaryl/α,β-unsaturated/α-hetero) is 1. The van der Waals surface area contributed by atoms with E-state index in [9.17, 15) is 4.79 Å². The molecule has 0 atom stereocenters. The predicted molar refractivity (Wildman–Crippen MR) is 69.2 cm³/mol. The molecule has 0 aliphatic carbocycles. The number of ether oxygens (including phenoxy) is 1. The van der Waals surface area contributed by atoms with Gasteiger partial charge in [-0.1, -0.05) is 12.1 Å². The number of terminal acetylenes is 1. The molecule has 0 saturated carbocycles. The van der Waals surface area contributed by atoms with Crippen molar-refractivity contribution in [1.82, 2.24) is 0 Å². The van der Waals surface area contributed by atoms with Gasteiger partial charge in [0.2, 0.25) is 0 Å². The largest absolute Gasteiger partial charge is 0.491 e. The van der Waals surface area contributed by atoms with E-state index in [4.69, 9.17) is 11.2 Å². The number of hydrogen-bond donors (Lipinski definition) is 0. The lowest BCUT2D eigenvalue weighted by Crippen LogP contribution is -2.06. The zero-order valence-electron chi connectivity index (χ0n) is 10.4. The maximum Gasteiger partial charge on any atom is 0.163 e. The summed E-state index contributed by atoms with van der Waals surface area (Å²) in [5.41, 5.74) is 0.695. The molecule has 0 unspecified atom stereocenters. The van der Waals surface area contributed by atoms with Gasteiger partial charge in [-0.2, -0.15) is 0 Å². The lowest BCUT2D eigenvalue weighted by molar-refractivity contribution is 0.0980. The van der Waals surface area contributed by atoms with E-state index in [0.29, 0.717) is 18.4 Å². The molecule has 1 aromatic carbocycles. The average Bonchev–Trinajstić information content (AvgIpc) is 2.28. The lowest BCUT2D eigenvalue weighted by atomic mass is 10.1. The summed E-state index contributed by atoms with van der Waals surface area (Å²) >= 11 is 0. The fourth-order valence-electron chi connectivity index (χ4n) is 1.51. The van der Waals surface area contributed by atoms with E-state index >= 15 is 0 Å². The number of hydrogen-bond acceptors (Lipinski definition) is 2. The first-order chi connectivity index (χ1) is 8.13. The first-order valence-electron chi connectivity index (χ1n) is 5.87. The molecule has 0 amide bonds. The quantitative estimate of drug-likeness (QED) is 0.425. The molecule has 2 nitrogen and oxygen atoms in total. The molecule has 17 heavy (non-hydrogen) atoms. The summed E-state index contributed by atoms with van der Waals surface area (Å²) in [5, 5.41) is 0. The smallest absolute Gasteiger partial charge is 0.163 e. The Morgan fingerprint density at radius 3 is 2.88 bits per heavy atom. The molecule has 1 rings (SSSR count). The number of benzene rings is 1. The van der Waals surface area contributed by atoms with Crippen LogP contribution >= 0.6 is 0 Å². The Labute approximate surface area is 103 Å². The molecular formula is C15H18O2. The summed E-state index contributed by atoms with van der Waals surface area (Å²) in [7, 11) is 0. The van der Waals surface area contributed by atoms with E-state index in [-0.39, 0.29) is 11.9 Å². The summed E-state index contributed by atoms with van der Waals surface area (Å²) < 4.78 is 5.55. The van der Waals surface area contributed by atoms with Gasteiger partial charge in [-0.15, -0.1) is 12.3 Å². The van der Waals surface area contributed by atoms with Gasteiger partial charge >= 0.3 is 0 Å². The fraction of sp³-hybridized carbons (Fsp3) is 0.400. The van der Waals surface area contributed by atoms with Gasteiger partial charge in [0.15, 0.2) is 5.78 Å². The van der Waals surface area contributed by atoms with E-state index in [1.54, 1.807) is 6.07 Å². The molecule has 0 aliphatic rings. The molecule has 0 fully saturated rings. The molecule has 0 bridgehead atoms. The third-order valence-electron chi connectivity index (χ3n) is 2.25. The number of carbonyl (C=O) groups is 1. The highest BCUT2D eigenvalue weighted by Gasteiger charge is 2.07. The maximum atomic E-state index is 11.8. The SMILES string of the molecule is C#CCCCC(=O)c1cccc(OC(C)C)c1. The standard InChI is InChI=1S/C15H18O2/c1-4-5-6-10-15(16)13-8-7-9-14(11-13)17-12(2)3/h1,7-9,11-12H,5-6,10H2,2-3H3. The Morgan fingerprint density at radius 1 is 1.47 bits per heavy atom. The second-order valence-electron chi connectivity index (χ2n) is 4.18. The maximum absolute atomic E-state index is 11.8. The molecule has 0 heterocycles. The third-order valence-corrected chi connectivity index (χ3v) is 2.25. The van der Waals surface area contributed by atoms with Crippen molar-refractivity contribution in [2.24, 2.45) is 0 Å². The highest BCUT2D eigenvalue weighted by molar-refractivity contribution is 5.96. The van der Waals surface area contributed by atoms with Crippen molar-refractivity contribution in [3.05, 3.63) is 29.8 Å². The number of carbonyl (C=O) groups excluding carboxylic acids is 1. The van der Waals surface area contributed by atoms with Crippen LogP contribution in [0.15, 0.2) is 24.3 Å². The van der Waals surface area contributed by atoms with E-state index in [1.807, 2.05) is 32.0 Å². The summed E-state index contributed by atoms with van der Waals surface area (Å²) in [5.74, 6) is 3.39. The van der Waals surface area contributed by atoms with Crippen molar-refractivity contribution >= 4 is 5.78 Å². The Hall–Kier alpha value is -1.75. The number of unbranched alkanes of at least 4 members (excludes halogenated alkanes) is 1. The van der Waals surface area contributed by atoms with Gasteiger partial charge in [-0.25, -0.2) is 0 Å². The zero-order chi connectivity index (χ0) is 12.7. The normalized spacial score (nSPS) is 10.0. The van der Waals surface area contributed by atoms with Gasteiger partial charge in [0.05, 0.1) is 6.10 Å². The molecule has 0 aliphatic heterocycles. The summed E-state index contributed by atoms with van der Waals surface area (Å²) in [4.78, 5) is 11.8. The van der Waals surface area contributed by atoms with Gasteiger partial charge in [0.1, 0.15) is 5.75 Å². The molecule has 0 aromatic heterocycles. The Bertz CT molecular complexity index is 413. The Balaban J connectivity index is 2.64. The van der Waals surface area contributed by atoms with E-state index in [0.717, 1.165) is 12.2 Å². The predicted octanol–water partition coefficient (Wildman–Crippen LogP) is 3.46. The van der Waals surface area contributed by atoms with Crippen molar-refractivity contribution in [2.75, 3.05) is 0 Å². The van der Waals surface area contributed by atoms with Crippen LogP contribution in [0.4, 0.5) is 0 Å². The van der Waals surface area contributed by atoms with Crippen LogP contribution in [0.5, 0.6) is 5.75 Å². The highest BCUT2D eigenvalue weighted by atomic mass is 16.5. The fourth-order valence-corrected chi connectivity index (χ4v) is 1.51. The second-order valence-corrected chi connectivity index (χ2v) is 4.18. The zero-order valence-corrected chi connectivity index (χ0v) is 10.4. The first kappa shape index (κ1) is 13.3. The highest BCUT2D eigenvalue weighted by Crippen LogP contribution is 2.16. The average molecular weight is 230 g/mol. The summed E-state index contributed by atoms with van der Waals surface area (Å²) in [6.07, 6.45) is 7.15. The van der Waals surface area contributed by atoms with E-state index < -0.39 is 0 Å². The molecule has 0 spiro atoms. The van der Waals surface area contributed by atoms with Crippen molar-refractivity contribution in [3.8, 4) is 18.1 Å². The minimum absolute atomic E-state index is 0.113. The van der Waals surface area contributed by atoms with E-state index in [2.05, 4.69) is 5.92 Å². The minimum atomic E-state index is 0.113. The topological polar surface area (TPSA) is 26.3 Å². The monoisotopic (exact) mass is 230 g/mol. The number of rotatable bonds is 6. The minimum Gasteiger partial charge on any atom is -0.491 e. The van der Waals surface area contributed by atoms with Crippen molar-refractivity contribution in [1.29, 1.82) is 0 Å². The van der Waals surface area contributed by atoms with Crippen LogP contribution in [0.3, 0.4) is 0 Å². The van der Waals surface area contributed by atoms with Gasteiger partial charge in [0, 0.05) is 18.4 Å². The Morgan fingerprint density at radius 2 is 2.24 bits per heavy atom. The second kappa shape index (κ2) is 6.75. The molecule has 2 heteroatoms. The van der Waals surface area contributed by atoms with Crippen LogP contribution in [0, 0.1) is 12.3 Å². The Kier molecular flexibility index (Phi) is 5.29. The molecule has 1 aromatic rings. The van der Waals surface area contributed by atoms with Crippen LogP contribution in [0.25, 0.3) is 0 Å². The van der Waals surface area contributed by atoms with Crippen molar-refractivity contribution in [2.45, 2.75) is 39.2 Å². The molecular weight excluding hydrogens is 212 g/mol. The molecule has 0 radical (unpaired) electrons. The van der Waals surface area contributed by atoms with E-state index in [1.165, 1.54) is 0 Å². The molecule has 0 saturated heterocycles. The summed E-state index contributed by atoms with van der Waals surface area (Å²) in [6.45, 7) is 3.92. The van der Waals surface area contributed by atoms with Crippen LogP contribution < -0.4 is 4.74 Å². The van der Waals surface area contributed by atoms with Crippen LogP contribution in [-0.4, -0.2) is 11.9 Å².